The number of methoxy groups -OCH3 is 3. The quantitative estimate of drug-likeness (QED) is 0.494. The summed E-state index contributed by atoms with van der Waals surface area (Å²) < 4.78 is 16.1. The summed E-state index contributed by atoms with van der Waals surface area (Å²) in [5, 5.41) is 5.50. The molecule has 3 aromatic carbocycles. The molecule has 3 aromatic rings. The van der Waals surface area contributed by atoms with E-state index in [0.29, 0.717) is 41.9 Å². The van der Waals surface area contributed by atoms with E-state index in [4.69, 9.17) is 14.2 Å². The van der Waals surface area contributed by atoms with Gasteiger partial charge in [0.2, 0.25) is 11.7 Å². The third-order valence-electron chi connectivity index (χ3n) is 5.89. The Hall–Kier alpha value is -3.25. The number of carbonyl (C=O) groups excluding carboxylic acids is 1. The highest BCUT2D eigenvalue weighted by atomic mass is 16.5. The highest BCUT2D eigenvalue weighted by Crippen LogP contribution is 2.40. The monoisotopic (exact) mass is 434 g/mol. The largest absolute Gasteiger partial charge is 0.493 e. The number of anilines is 1. The minimum atomic E-state index is -0.0390. The zero-order valence-electron chi connectivity index (χ0n) is 18.9. The van der Waals surface area contributed by atoms with Crippen LogP contribution < -0.4 is 19.5 Å². The van der Waals surface area contributed by atoms with Gasteiger partial charge in [0, 0.05) is 43.4 Å². The number of fused-ring (bicyclic) bond motifs is 1. The number of amides is 1. The lowest BCUT2D eigenvalue weighted by atomic mass is 10.0. The van der Waals surface area contributed by atoms with Gasteiger partial charge in [0.1, 0.15) is 0 Å². The average molecular weight is 435 g/mol. The lowest BCUT2D eigenvalue weighted by Gasteiger charge is -2.23. The Morgan fingerprint density at radius 3 is 2.31 bits per heavy atom. The van der Waals surface area contributed by atoms with Gasteiger partial charge < -0.3 is 19.5 Å². The Morgan fingerprint density at radius 2 is 1.66 bits per heavy atom. The molecule has 1 fully saturated rings. The highest BCUT2D eigenvalue weighted by molar-refractivity contribution is 5.91. The standard InChI is InChI=1S/C26H30N2O4/c1-30-23-15-20(16-24(31-2)26(23)32-3)27-25(29)13-14-28(21-11-12-21)17-19-9-6-8-18-7-4-5-10-22(18)19/h4-10,15-16,21H,11-14,17H2,1-3H3,(H,27,29). The van der Waals surface area contributed by atoms with Crippen LogP contribution in [0.3, 0.4) is 0 Å². The van der Waals surface area contributed by atoms with Gasteiger partial charge in [0.15, 0.2) is 11.5 Å². The Kier molecular flexibility index (Phi) is 6.81. The van der Waals surface area contributed by atoms with Gasteiger partial charge in [0.05, 0.1) is 21.3 Å². The number of nitrogens with one attached hydrogen (secondary N) is 1. The van der Waals surface area contributed by atoms with Gasteiger partial charge in [-0.15, -0.1) is 0 Å². The third-order valence-corrected chi connectivity index (χ3v) is 5.89. The number of benzene rings is 3. The average Bonchev–Trinajstić information content (AvgIpc) is 3.66. The molecule has 1 aliphatic rings. The van der Waals surface area contributed by atoms with Crippen LogP contribution in [0.1, 0.15) is 24.8 Å². The molecule has 1 aliphatic carbocycles. The van der Waals surface area contributed by atoms with E-state index in [1.165, 1.54) is 29.2 Å². The third kappa shape index (κ3) is 4.97. The van der Waals surface area contributed by atoms with Crippen LogP contribution in [0.25, 0.3) is 10.8 Å². The predicted octanol–water partition coefficient (Wildman–Crippen LogP) is 4.86. The molecule has 168 valence electrons. The van der Waals surface area contributed by atoms with Crippen LogP contribution >= 0.6 is 0 Å². The smallest absolute Gasteiger partial charge is 0.225 e. The van der Waals surface area contributed by atoms with Gasteiger partial charge in [0.25, 0.3) is 0 Å². The fourth-order valence-electron chi connectivity index (χ4n) is 4.10. The topological polar surface area (TPSA) is 60.0 Å². The maximum absolute atomic E-state index is 12.7. The lowest BCUT2D eigenvalue weighted by molar-refractivity contribution is -0.116. The van der Waals surface area contributed by atoms with Crippen molar-refractivity contribution in [3.63, 3.8) is 0 Å². The Labute approximate surface area is 189 Å². The van der Waals surface area contributed by atoms with Crippen molar-refractivity contribution >= 4 is 22.4 Å². The minimum Gasteiger partial charge on any atom is -0.493 e. The number of hydrogen-bond acceptors (Lipinski definition) is 5. The summed E-state index contributed by atoms with van der Waals surface area (Å²) in [4.78, 5) is 15.2. The lowest BCUT2D eigenvalue weighted by Crippen LogP contribution is -2.29. The predicted molar refractivity (Wildman–Crippen MR) is 127 cm³/mol. The zero-order chi connectivity index (χ0) is 22.5. The molecule has 32 heavy (non-hydrogen) atoms. The summed E-state index contributed by atoms with van der Waals surface area (Å²) in [6.07, 6.45) is 2.80. The summed E-state index contributed by atoms with van der Waals surface area (Å²) in [7, 11) is 4.68. The van der Waals surface area contributed by atoms with Crippen molar-refractivity contribution in [2.45, 2.75) is 31.8 Å². The van der Waals surface area contributed by atoms with Crippen LogP contribution in [0.5, 0.6) is 17.2 Å². The van der Waals surface area contributed by atoms with Crippen molar-refractivity contribution in [3.8, 4) is 17.2 Å². The van der Waals surface area contributed by atoms with Gasteiger partial charge in [-0.25, -0.2) is 0 Å². The van der Waals surface area contributed by atoms with Gasteiger partial charge in [-0.05, 0) is 29.2 Å². The van der Waals surface area contributed by atoms with Gasteiger partial charge in [-0.3, -0.25) is 9.69 Å². The molecule has 6 nitrogen and oxygen atoms in total. The van der Waals surface area contributed by atoms with Crippen molar-refractivity contribution in [1.29, 1.82) is 0 Å². The Bertz CT molecular complexity index is 1060. The molecule has 0 spiro atoms. The summed E-state index contributed by atoms with van der Waals surface area (Å²) in [6.45, 7) is 1.56. The van der Waals surface area contributed by atoms with Crippen molar-refractivity contribution in [2.75, 3.05) is 33.2 Å². The molecule has 0 aromatic heterocycles. The maximum atomic E-state index is 12.7. The number of hydrogen-bond donors (Lipinski definition) is 1. The highest BCUT2D eigenvalue weighted by Gasteiger charge is 2.29. The van der Waals surface area contributed by atoms with E-state index in [9.17, 15) is 4.79 Å². The maximum Gasteiger partial charge on any atom is 0.225 e. The molecule has 0 bridgehead atoms. The molecule has 1 amide bonds. The first kappa shape index (κ1) is 22.0. The van der Waals surface area contributed by atoms with E-state index in [0.717, 1.165) is 6.54 Å². The second kappa shape index (κ2) is 9.92. The van der Waals surface area contributed by atoms with Gasteiger partial charge in [-0.2, -0.15) is 0 Å². The molecule has 1 saturated carbocycles. The molecule has 0 atom stereocenters. The van der Waals surface area contributed by atoms with E-state index in [-0.39, 0.29) is 5.91 Å². The van der Waals surface area contributed by atoms with Crippen LogP contribution in [-0.2, 0) is 11.3 Å². The van der Waals surface area contributed by atoms with Crippen LogP contribution in [0.2, 0.25) is 0 Å². The van der Waals surface area contributed by atoms with Gasteiger partial charge in [-0.1, -0.05) is 42.5 Å². The van der Waals surface area contributed by atoms with Crippen LogP contribution in [0.4, 0.5) is 5.69 Å². The van der Waals surface area contributed by atoms with E-state index in [1.807, 2.05) is 0 Å². The molecule has 0 unspecified atom stereocenters. The van der Waals surface area contributed by atoms with Crippen molar-refractivity contribution < 1.29 is 19.0 Å². The molecular formula is C26H30N2O4. The number of ether oxygens (including phenoxy) is 3. The molecule has 0 saturated heterocycles. The molecule has 0 aliphatic heterocycles. The van der Waals surface area contributed by atoms with E-state index in [2.05, 4.69) is 52.7 Å². The number of carbonyl (C=O) groups is 1. The number of nitrogens with zero attached hydrogens (tertiary/aromatic N) is 1. The summed E-state index contributed by atoms with van der Waals surface area (Å²) in [5.41, 5.74) is 1.93. The first-order chi connectivity index (χ1) is 15.6. The SMILES string of the molecule is COc1cc(NC(=O)CCN(Cc2cccc3ccccc23)C2CC2)cc(OC)c1OC. The number of rotatable bonds is 10. The van der Waals surface area contributed by atoms with Crippen LogP contribution in [-0.4, -0.2) is 44.7 Å². The fraction of sp³-hybridized carbons (Fsp3) is 0.346. The zero-order valence-corrected chi connectivity index (χ0v) is 18.9. The first-order valence-electron chi connectivity index (χ1n) is 10.9. The summed E-state index contributed by atoms with van der Waals surface area (Å²) in [6, 6.07) is 19.0. The Balaban J connectivity index is 1.42. The Morgan fingerprint density at radius 1 is 0.969 bits per heavy atom. The molecule has 0 radical (unpaired) electrons. The molecule has 1 N–H and O–H groups in total. The van der Waals surface area contributed by atoms with Crippen LogP contribution in [0, 0.1) is 0 Å². The van der Waals surface area contributed by atoms with E-state index >= 15 is 0 Å². The van der Waals surface area contributed by atoms with Crippen molar-refractivity contribution in [2.24, 2.45) is 0 Å². The van der Waals surface area contributed by atoms with E-state index < -0.39 is 0 Å². The minimum absolute atomic E-state index is 0.0390. The van der Waals surface area contributed by atoms with Crippen LogP contribution in [0.15, 0.2) is 54.6 Å². The molecule has 6 heteroatoms. The van der Waals surface area contributed by atoms with Gasteiger partial charge >= 0.3 is 0 Å². The van der Waals surface area contributed by atoms with E-state index in [1.54, 1.807) is 33.5 Å². The second-order valence-corrected chi connectivity index (χ2v) is 8.05. The second-order valence-electron chi connectivity index (χ2n) is 8.05. The molecule has 0 heterocycles. The normalized spacial score (nSPS) is 13.2. The summed E-state index contributed by atoms with van der Waals surface area (Å²) in [5.74, 6) is 1.49. The fourth-order valence-corrected chi connectivity index (χ4v) is 4.10. The molecular weight excluding hydrogens is 404 g/mol. The summed E-state index contributed by atoms with van der Waals surface area (Å²) >= 11 is 0. The van der Waals surface area contributed by atoms with Crippen molar-refractivity contribution in [1.82, 2.24) is 4.90 Å². The molecule has 4 rings (SSSR count). The first-order valence-corrected chi connectivity index (χ1v) is 10.9. The van der Waals surface area contributed by atoms with Crippen molar-refractivity contribution in [3.05, 3.63) is 60.2 Å².